The van der Waals surface area contributed by atoms with Gasteiger partial charge in [-0.1, -0.05) is 18.2 Å². The minimum atomic E-state index is 0.124. The fourth-order valence-corrected chi connectivity index (χ4v) is 4.96. The fourth-order valence-electron chi connectivity index (χ4n) is 4.96. The van der Waals surface area contributed by atoms with Crippen LogP contribution < -0.4 is 0 Å². The van der Waals surface area contributed by atoms with Crippen LogP contribution in [0, 0.1) is 0 Å². The van der Waals surface area contributed by atoms with Crippen LogP contribution in [0.15, 0.2) is 42.7 Å². The average molecular weight is 443 g/mol. The summed E-state index contributed by atoms with van der Waals surface area (Å²) < 4.78 is 9.51. The molecule has 168 valence electrons. The number of aryl methyl sites for hydroxylation is 1. The van der Waals surface area contributed by atoms with Gasteiger partial charge in [-0.25, -0.2) is 4.98 Å². The Labute approximate surface area is 191 Å². The molecule has 0 radical (unpaired) electrons. The van der Waals surface area contributed by atoms with E-state index in [4.69, 9.17) is 14.7 Å². The zero-order valence-electron chi connectivity index (χ0n) is 18.9. The second kappa shape index (κ2) is 7.81. The van der Waals surface area contributed by atoms with Crippen molar-refractivity contribution in [2.75, 3.05) is 20.3 Å². The third kappa shape index (κ3) is 3.41. The van der Waals surface area contributed by atoms with Crippen molar-refractivity contribution >= 4 is 16.7 Å². The quantitative estimate of drug-likeness (QED) is 0.486. The number of hydrogen-bond acceptors (Lipinski definition) is 5. The van der Waals surface area contributed by atoms with Gasteiger partial charge >= 0.3 is 0 Å². The molecule has 8 heteroatoms. The normalized spacial score (nSPS) is 17.0. The number of benzene rings is 1. The van der Waals surface area contributed by atoms with Gasteiger partial charge in [0, 0.05) is 56.6 Å². The van der Waals surface area contributed by atoms with Gasteiger partial charge in [-0.15, -0.1) is 0 Å². The molecule has 0 bridgehead atoms. The number of nitrogens with zero attached hydrogens (tertiary/aromatic N) is 6. The Morgan fingerprint density at radius 3 is 2.70 bits per heavy atom. The molecular weight excluding hydrogens is 416 g/mol. The van der Waals surface area contributed by atoms with Crippen molar-refractivity contribution in [1.29, 1.82) is 0 Å². The lowest BCUT2D eigenvalue weighted by Crippen LogP contribution is -2.37. The predicted molar refractivity (Wildman–Crippen MR) is 124 cm³/mol. The second-order valence-electron chi connectivity index (χ2n) is 8.96. The highest BCUT2D eigenvalue weighted by Gasteiger charge is 2.31. The Kier molecular flexibility index (Phi) is 4.76. The highest BCUT2D eigenvalue weighted by atomic mass is 16.5. The van der Waals surface area contributed by atoms with Gasteiger partial charge in [-0.05, 0) is 30.4 Å². The van der Waals surface area contributed by atoms with E-state index in [0.29, 0.717) is 19.0 Å². The largest absolute Gasteiger partial charge is 0.381 e. The van der Waals surface area contributed by atoms with Crippen LogP contribution in [0.25, 0.3) is 33.4 Å². The third-order valence-corrected chi connectivity index (χ3v) is 6.79. The van der Waals surface area contributed by atoms with Gasteiger partial charge < -0.3 is 14.2 Å². The van der Waals surface area contributed by atoms with Crippen molar-refractivity contribution in [2.45, 2.75) is 31.8 Å². The SMILES string of the molecule is CN1Cc2c(-c3cccc4cc(-c5ccn(C)n5)ncc34)nc(C3CCOCC3)n2CC1=O. The Bertz CT molecular complexity index is 1360. The molecule has 8 nitrogen and oxygen atoms in total. The molecule has 1 fully saturated rings. The summed E-state index contributed by atoms with van der Waals surface area (Å²) in [4.78, 5) is 24.2. The number of imidazole rings is 1. The lowest BCUT2D eigenvalue weighted by Gasteiger charge is -2.28. The number of aromatic nitrogens is 5. The summed E-state index contributed by atoms with van der Waals surface area (Å²) in [5.74, 6) is 1.45. The lowest BCUT2D eigenvalue weighted by molar-refractivity contribution is -0.132. The van der Waals surface area contributed by atoms with Crippen molar-refractivity contribution in [3.8, 4) is 22.6 Å². The first-order valence-electron chi connectivity index (χ1n) is 11.4. The predicted octanol–water partition coefficient (Wildman–Crippen LogP) is 3.36. The summed E-state index contributed by atoms with van der Waals surface area (Å²) in [6.45, 7) is 2.38. The van der Waals surface area contributed by atoms with E-state index in [9.17, 15) is 4.79 Å². The van der Waals surface area contributed by atoms with Gasteiger partial charge in [0.2, 0.25) is 5.91 Å². The maximum Gasteiger partial charge on any atom is 0.242 e. The molecule has 3 aromatic heterocycles. The maximum atomic E-state index is 12.6. The molecule has 0 atom stereocenters. The Morgan fingerprint density at radius 1 is 1.06 bits per heavy atom. The topological polar surface area (TPSA) is 78.1 Å². The molecule has 0 N–H and O–H groups in total. The summed E-state index contributed by atoms with van der Waals surface area (Å²) in [6, 6.07) is 10.3. The first kappa shape index (κ1) is 20.1. The van der Waals surface area contributed by atoms with Crippen LogP contribution in [0.5, 0.6) is 0 Å². The van der Waals surface area contributed by atoms with Crippen LogP contribution in [0.3, 0.4) is 0 Å². The molecule has 0 spiro atoms. The molecule has 6 rings (SSSR count). The van der Waals surface area contributed by atoms with Gasteiger partial charge in [0.15, 0.2) is 0 Å². The molecule has 0 saturated carbocycles. The first-order chi connectivity index (χ1) is 16.1. The number of pyridine rings is 1. The Balaban J connectivity index is 1.50. The van der Waals surface area contributed by atoms with Crippen LogP contribution in [0.1, 0.15) is 30.3 Å². The van der Waals surface area contributed by atoms with Crippen molar-refractivity contribution in [3.05, 3.63) is 54.2 Å². The van der Waals surface area contributed by atoms with Crippen LogP contribution in [-0.2, 0) is 29.7 Å². The van der Waals surface area contributed by atoms with E-state index < -0.39 is 0 Å². The third-order valence-electron chi connectivity index (χ3n) is 6.79. The Morgan fingerprint density at radius 2 is 1.91 bits per heavy atom. The van der Waals surface area contributed by atoms with E-state index in [1.165, 1.54) is 0 Å². The molecule has 1 aromatic carbocycles. The molecule has 5 heterocycles. The number of ether oxygens (including phenoxy) is 1. The van der Waals surface area contributed by atoms with Crippen molar-refractivity contribution in [3.63, 3.8) is 0 Å². The van der Waals surface area contributed by atoms with E-state index in [0.717, 1.165) is 71.0 Å². The number of carbonyl (C=O) groups excluding carboxylic acids is 1. The summed E-state index contributed by atoms with van der Waals surface area (Å²) in [5.41, 5.74) is 4.80. The summed E-state index contributed by atoms with van der Waals surface area (Å²) in [6.07, 6.45) is 5.71. The van der Waals surface area contributed by atoms with Crippen LogP contribution >= 0.6 is 0 Å². The number of hydrogen-bond donors (Lipinski definition) is 0. The van der Waals surface area contributed by atoms with Crippen LogP contribution in [0.2, 0.25) is 0 Å². The molecule has 2 aliphatic rings. The van der Waals surface area contributed by atoms with Gasteiger partial charge in [-0.3, -0.25) is 14.5 Å². The molecule has 4 aromatic rings. The number of likely N-dealkylation sites (N-methyl/N-ethyl adjacent to an activating group) is 1. The van der Waals surface area contributed by atoms with Gasteiger partial charge in [0.1, 0.15) is 18.1 Å². The lowest BCUT2D eigenvalue weighted by atomic mass is 9.99. The molecular formula is C25H26N6O2. The van der Waals surface area contributed by atoms with E-state index in [1.54, 1.807) is 9.58 Å². The summed E-state index contributed by atoms with van der Waals surface area (Å²) >= 11 is 0. The maximum absolute atomic E-state index is 12.6. The van der Waals surface area contributed by atoms with E-state index in [1.807, 2.05) is 32.6 Å². The van der Waals surface area contributed by atoms with Gasteiger partial charge in [0.05, 0.1) is 23.6 Å². The van der Waals surface area contributed by atoms with Crippen molar-refractivity contribution < 1.29 is 9.53 Å². The summed E-state index contributed by atoms with van der Waals surface area (Å²) in [5, 5.41) is 6.63. The fraction of sp³-hybridized carbons (Fsp3) is 0.360. The zero-order chi connectivity index (χ0) is 22.5. The highest BCUT2D eigenvalue weighted by Crippen LogP contribution is 2.37. The van der Waals surface area contributed by atoms with Crippen LogP contribution in [-0.4, -0.2) is 55.4 Å². The molecule has 1 saturated heterocycles. The van der Waals surface area contributed by atoms with Crippen LogP contribution in [0.4, 0.5) is 0 Å². The average Bonchev–Trinajstić information content (AvgIpc) is 3.43. The molecule has 2 aliphatic heterocycles. The van der Waals surface area contributed by atoms with Gasteiger partial charge in [0.25, 0.3) is 0 Å². The van der Waals surface area contributed by atoms with E-state index in [2.05, 4.69) is 33.9 Å². The second-order valence-corrected chi connectivity index (χ2v) is 8.96. The zero-order valence-corrected chi connectivity index (χ0v) is 18.9. The summed E-state index contributed by atoms with van der Waals surface area (Å²) in [7, 11) is 3.77. The van der Waals surface area contributed by atoms with E-state index in [-0.39, 0.29) is 5.91 Å². The smallest absolute Gasteiger partial charge is 0.242 e. The number of rotatable bonds is 3. The minimum Gasteiger partial charge on any atom is -0.381 e. The van der Waals surface area contributed by atoms with Crippen molar-refractivity contribution in [1.82, 2.24) is 29.2 Å². The number of fused-ring (bicyclic) bond motifs is 2. The highest BCUT2D eigenvalue weighted by molar-refractivity contribution is 5.97. The number of amides is 1. The molecule has 1 amide bonds. The molecule has 0 unspecified atom stereocenters. The minimum absolute atomic E-state index is 0.124. The molecule has 0 aliphatic carbocycles. The van der Waals surface area contributed by atoms with Gasteiger partial charge in [-0.2, -0.15) is 5.10 Å². The molecule has 33 heavy (non-hydrogen) atoms. The Hall–Kier alpha value is -3.52. The van der Waals surface area contributed by atoms with Crippen molar-refractivity contribution in [2.24, 2.45) is 7.05 Å². The first-order valence-corrected chi connectivity index (χ1v) is 11.4. The van der Waals surface area contributed by atoms with E-state index >= 15 is 0 Å². The monoisotopic (exact) mass is 442 g/mol. The number of carbonyl (C=O) groups is 1. The standard InChI is InChI=1S/C25H26N6O2/c1-29-14-22-24(27-25(31(22)15-23(29)32)16-7-10-33-11-8-16)18-5-3-4-17-12-21(26-13-19(17)18)20-6-9-30(2)28-20/h3-6,9,12-13,16H,7-8,10-11,14-15H2,1-2H3.